The Balaban J connectivity index is 1.80. The average molecular weight is 384 g/mol. The summed E-state index contributed by atoms with van der Waals surface area (Å²) in [6.07, 6.45) is 9.94. The zero-order chi connectivity index (χ0) is 20.2. The Hall–Kier alpha value is -1.68. The highest BCUT2D eigenvalue weighted by atomic mass is 16.3. The van der Waals surface area contributed by atoms with Gasteiger partial charge in [-0.3, -0.25) is 0 Å². The molecule has 0 aliphatic heterocycles. The molecule has 0 heterocycles. The molecular weight excluding hydrogens is 346 g/mol. The molecule has 0 bridgehead atoms. The second-order valence-electron chi connectivity index (χ2n) is 8.09. The number of aliphatic hydroxyl groups excluding tert-OH is 2. The predicted molar refractivity (Wildman–Crippen MR) is 118 cm³/mol. The Morgan fingerprint density at radius 1 is 0.679 bits per heavy atom. The molecule has 3 heteroatoms. The van der Waals surface area contributed by atoms with E-state index in [4.69, 9.17) is 5.73 Å². The first-order valence-corrected chi connectivity index (χ1v) is 10.8. The third-order valence-corrected chi connectivity index (χ3v) is 5.58. The molecule has 2 rings (SSSR count). The van der Waals surface area contributed by atoms with Gasteiger partial charge in [-0.05, 0) is 54.4 Å². The van der Waals surface area contributed by atoms with Gasteiger partial charge in [0.2, 0.25) is 0 Å². The third kappa shape index (κ3) is 7.38. The van der Waals surface area contributed by atoms with E-state index in [-0.39, 0.29) is 13.2 Å². The number of rotatable bonds is 13. The first kappa shape index (κ1) is 22.6. The van der Waals surface area contributed by atoms with Crippen molar-refractivity contribution < 1.29 is 10.2 Å². The summed E-state index contributed by atoms with van der Waals surface area (Å²) in [5.41, 5.74) is 10.3. The smallest absolute Gasteiger partial charge is 0.0633 e. The maximum Gasteiger partial charge on any atom is 0.0633 e. The first-order chi connectivity index (χ1) is 13.6. The topological polar surface area (TPSA) is 66.5 Å². The van der Waals surface area contributed by atoms with E-state index in [1.807, 2.05) is 0 Å². The largest absolute Gasteiger partial charge is 0.394 e. The van der Waals surface area contributed by atoms with Crippen molar-refractivity contribution in [2.75, 3.05) is 13.2 Å². The van der Waals surface area contributed by atoms with Crippen LogP contribution in [0.5, 0.6) is 0 Å². The molecule has 154 valence electrons. The van der Waals surface area contributed by atoms with Gasteiger partial charge in [0.15, 0.2) is 0 Å². The fourth-order valence-electron chi connectivity index (χ4n) is 3.50. The van der Waals surface area contributed by atoms with Crippen LogP contribution in [-0.4, -0.2) is 29.0 Å². The zero-order valence-corrected chi connectivity index (χ0v) is 17.4. The van der Waals surface area contributed by atoms with Gasteiger partial charge in [0.05, 0.1) is 18.8 Å². The quantitative estimate of drug-likeness (QED) is 0.432. The van der Waals surface area contributed by atoms with Crippen molar-refractivity contribution in [2.24, 2.45) is 5.73 Å². The zero-order valence-electron chi connectivity index (χ0n) is 17.4. The molecule has 0 aliphatic carbocycles. The number of aryl methyl sites for hydroxylation is 2. The lowest BCUT2D eigenvalue weighted by Gasteiger charge is -2.24. The molecule has 0 unspecified atom stereocenters. The summed E-state index contributed by atoms with van der Waals surface area (Å²) in [6, 6.07) is 17.8. The van der Waals surface area contributed by atoms with E-state index in [9.17, 15) is 10.2 Å². The van der Waals surface area contributed by atoms with Crippen molar-refractivity contribution >= 4 is 0 Å². The van der Waals surface area contributed by atoms with Crippen molar-refractivity contribution in [3.05, 3.63) is 59.7 Å². The summed E-state index contributed by atoms with van der Waals surface area (Å²) in [6.45, 7) is 1.91. The predicted octanol–water partition coefficient (Wildman–Crippen LogP) is 4.87. The number of hydrogen-bond donors (Lipinski definition) is 3. The SMILES string of the molecule is CCCCCCc1ccc(-c2ccc(CCCCC(N)(CO)CO)cc2)cc1. The van der Waals surface area contributed by atoms with Crippen molar-refractivity contribution in [3.63, 3.8) is 0 Å². The van der Waals surface area contributed by atoms with Gasteiger partial charge in [-0.15, -0.1) is 0 Å². The lowest BCUT2D eigenvalue weighted by Crippen LogP contribution is -2.47. The number of hydrogen-bond acceptors (Lipinski definition) is 3. The van der Waals surface area contributed by atoms with Crippen molar-refractivity contribution in [2.45, 2.75) is 70.3 Å². The molecular formula is C25H37NO2. The standard InChI is InChI=1S/C25H37NO2/c1-2-3-4-5-8-21-10-14-23(15-11-21)24-16-12-22(13-17-24)9-6-7-18-25(26,19-27)20-28/h10-17,27-28H,2-9,18-20,26H2,1H3. The Morgan fingerprint density at radius 3 is 1.57 bits per heavy atom. The highest BCUT2D eigenvalue weighted by Gasteiger charge is 2.21. The lowest BCUT2D eigenvalue weighted by atomic mass is 9.94. The molecule has 0 saturated heterocycles. The van der Waals surface area contributed by atoms with E-state index >= 15 is 0 Å². The number of unbranched alkanes of at least 4 members (excludes halogenated alkanes) is 4. The lowest BCUT2D eigenvalue weighted by molar-refractivity contribution is 0.112. The second-order valence-corrected chi connectivity index (χ2v) is 8.09. The van der Waals surface area contributed by atoms with Gasteiger partial charge in [-0.25, -0.2) is 0 Å². The summed E-state index contributed by atoms with van der Waals surface area (Å²) in [4.78, 5) is 0. The molecule has 2 aromatic carbocycles. The van der Waals surface area contributed by atoms with Crippen LogP contribution in [0.2, 0.25) is 0 Å². The summed E-state index contributed by atoms with van der Waals surface area (Å²) >= 11 is 0. The normalized spacial score (nSPS) is 11.7. The van der Waals surface area contributed by atoms with Gasteiger partial charge in [0.1, 0.15) is 0 Å². The van der Waals surface area contributed by atoms with E-state index in [2.05, 4.69) is 55.5 Å². The van der Waals surface area contributed by atoms with E-state index in [1.54, 1.807) is 0 Å². The van der Waals surface area contributed by atoms with Crippen LogP contribution >= 0.6 is 0 Å². The van der Waals surface area contributed by atoms with Crippen LogP contribution in [0.15, 0.2) is 48.5 Å². The van der Waals surface area contributed by atoms with E-state index in [1.165, 1.54) is 54.4 Å². The molecule has 0 aromatic heterocycles. The Kier molecular flexibility index (Phi) is 9.69. The summed E-state index contributed by atoms with van der Waals surface area (Å²) in [7, 11) is 0. The Bertz CT molecular complexity index is 660. The fraction of sp³-hybridized carbons (Fsp3) is 0.520. The van der Waals surface area contributed by atoms with Crippen LogP contribution in [0.4, 0.5) is 0 Å². The molecule has 2 aromatic rings. The molecule has 3 nitrogen and oxygen atoms in total. The Morgan fingerprint density at radius 2 is 1.14 bits per heavy atom. The van der Waals surface area contributed by atoms with E-state index in [0.717, 1.165) is 19.3 Å². The first-order valence-electron chi connectivity index (χ1n) is 10.8. The summed E-state index contributed by atoms with van der Waals surface area (Å²) < 4.78 is 0. The molecule has 28 heavy (non-hydrogen) atoms. The van der Waals surface area contributed by atoms with Gasteiger partial charge >= 0.3 is 0 Å². The maximum absolute atomic E-state index is 9.24. The number of benzene rings is 2. The molecule has 0 saturated carbocycles. The van der Waals surface area contributed by atoms with Gasteiger partial charge in [-0.1, -0.05) is 81.1 Å². The third-order valence-electron chi connectivity index (χ3n) is 5.58. The number of aliphatic hydroxyl groups is 2. The molecule has 0 radical (unpaired) electrons. The van der Waals surface area contributed by atoms with Crippen LogP contribution in [0.25, 0.3) is 11.1 Å². The molecule has 0 spiro atoms. The van der Waals surface area contributed by atoms with Crippen LogP contribution in [0.1, 0.15) is 63.0 Å². The fourth-order valence-corrected chi connectivity index (χ4v) is 3.50. The second kappa shape index (κ2) is 12.0. The molecule has 0 fully saturated rings. The summed E-state index contributed by atoms with van der Waals surface area (Å²) in [5, 5.41) is 18.5. The monoisotopic (exact) mass is 383 g/mol. The van der Waals surface area contributed by atoms with Crippen molar-refractivity contribution in [1.82, 2.24) is 0 Å². The molecule has 0 amide bonds. The minimum Gasteiger partial charge on any atom is -0.394 e. The highest BCUT2D eigenvalue weighted by Crippen LogP contribution is 2.22. The molecule has 0 atom stereocenters. The van der Waals surface area contributed by atoms with Crippen LogP contribution < -0.4 is 5.73 Å². The van der Waals surface area contributed by atoms with Gasteiger partial charge in [-0.2, -0.15) is 0 Å². The van der Waals surface area contributed by atoms with Crippen LogP contribution in [0.3, 0.4) is 0 Å². The molecule has 0 aliphatic rings. The van der Waals surface area contributed by atoms with Crippen LogP contribution in [-0.2, 0) is 12.8 Å². The van der Waals surface area contributed by atoms with Gasteiger partial charge in [0, 0.05) is 0 Å². The minimum atomic E-state index is -0.841. The van der Waals surface area contributed by atoms with Crippen molar-refractivity contribution in [3.8, 4) is 11.1 Å². The summed E-state index contributed by atoms with van der Waals surface area (Å²) in [5.74, 6) is 0. The minimum absolute atomic E-state index is 0.171. The van der Waals surface area contributed by atoms with E-state index in [0.29, 0.717) is 6.42 Å². The van der Waals surface area contributed by atoms with Gasteiger partial charge in [0.25, 0.3) is 0 Å². The number of nitrogens with two attached hydrogens (primary N) is 1. The van der Waals surface area contributed by atoms with Crippen molar-refractivity contribution in [1.29, 1.82) is 0 Å². The van der Waals surface area contributed by atoms with Crippen LogP contribution in [0, 0.1) is 0 Å². The maximum atomic E-state index is 9.24. The average Bonchev–Trinajstić information content (AvgIpc) is 2.75. The Labute approximate surface area is 170 Å². The van der Waals surface area contributed by atoms with E-state index < -0.39 is 5.54 Å². The molecule has 4 N–H and O–H groups in total. The van der Waals surface area contributed by atoms with Gasteiger partial charge < -0.3 is 15.9 Å². The highest BCUT2D eigenvalue weighted by molar-refractivity contribution is 5.63.